The van der Waals surface area contributed by atoms with Gasteiger partial charge in [-0.3, -0.25) is 14.5 Å². The molecule has 0 bridgehead atoms. The van der Waals surface area contributed by atoms with Crippen LogP contribution in [0.1, 0.15) is 66.6 Å². The number of amides is 2. The molecule has 0 radical (unpaired) electrons. The lowest BCUT2D eigenvalue weighted by atomic mass is 9.93. The van der Waals surface area contributed by atoms with Crippen molar-refractivity contribution in [3.05, 3.63) is 34.9 Å². The van der Waals surface area contributed by atoms with Gasteiger partial charge in [0.25, 0.3) is 5.91 Å². The summed E-state index contributed by atoms with van der Waals surface area (Å²) in [6.45, 7) is 2.19. The molecule has 1 unspecified atom stereocenters. The van der Waals surface area contributed by atoms with Crippen molar-refractivity contribution in [2.24, 2.45) is 5.73 Å². The molecule has 0 fully saturated rings. The van der Waals surface area contributed by atoms with Gasteiger partial charge in [-0.1, -0.05) is 44.7 Å². The molecular weight excluding hydrogens is 264 g/mol. The minimum Gasteiger partial charge on any atom is -0.324 e. The maximum Gasteiger partial charge on any atom is 0.260 e. The summed E-state index contributed by atoms with van der Waals surface area (Å²) in [5.74, 6) is -0.370. The first-order valence-electron chi connectivity index (χ1n) is 7.74. The van der Waals surface area contributed by atoms with E-state index in [-0.39, 0.29) is 17.9 Å². The molecule has 114 valence electrons. The van der Waals surface area contributed by atoms with Crippen molar-refractivity contribution in [1.29, 1.82) is 0 Å². The normalized spacial score (nSPS) is 16.0. The summed E-state index contributed by atoms with van der Waals surface area (Å²) in [6.07, 6.45) is 5.99. The largest absolute Gasteiger partial charge is 0.324 e. The van der Waals surface area contributed by atoms with Gasteiger partial charge in [0.15, 0.2) is 0 Å². The second-order valence-electron chi connectivity index (χ2n) is 5.81. The Morgan fingerprint density at radius 1 is 1.24 bits per heavy atom. The SMILES string of the molecule is CCCCCCC(N)c1ccc2c(c1)C(=O)N(C)C(=O)C2. The summed E-state index contributed by atoms with van der Waals surface area (Å²) in [7, 11) is 1.53. The molecule has 0 saturated heterocycles. The van der Waals surface area contributed by atoms with Crippen LogP contribution in [0.5, 0.6) is 0 Å². The highest BCUT2D eigenvalue weighted by atomic mass is 16.2. The first-order valence-corrected chi connectivity index (χ1v) is 7.74. The standard InChI is InChI=1S/C17H24N2O2/c1-3-4-5-6-7-15(18)13-9-8-12-11-16(20)19(2)17(21)14(12)10-13/h8-10,15H,3-7,11,18H2,1-2H3. The van der Waals surface area contributed by atoms with Crippen molar-refractivity contribution >= 4 is 11.8 Å². The lowest BCUT2D eigenvalue weighted by molar-refractivity contribution is -0.127. The van der Waals surface area contributed by atoms with Gasteiger partial charge in [-0.05, 0) is 23.6 Å². The van der Waals surface area contributed by atoms with Crippen LogP contribution >= 0.6 is 0 Å². The lowest BCUT2D eigenvalue weighted by Crippen LogP contribution is -2.39. The van der Waals surface area contributed by atoms with Gasteiger partial charge in [0.05, 0.1) is 6.42 Å². The predicted octanol–water partition coefficient (Wildman–Crippen LogP) is 2.81. The van der Waals surface area contributed by atoms with Gasteiger partial charge in [0.1, 0.15) is 0 Å². The van der Waals surface area contributed by atoms with Crippen LogP contribution in [0.25, 0.3) is 0 Å². The average molecular weight is 288 g/mol. The molecule has 4 heteroatoms. The summed E-state index contributed by atoms with van der Waals surface area (Å²) >= 11 is 0. The third-order valence-electron chi connectivity index (χ3n) is 4.18. The van der Waals surface area contributed by atoms with Crippen LogP contribution in [-0.2, 0) is 11.2 Å². The predicted molar refractivity (Wildman–Crippen MR) is 82.9 cm³/mol. The zero-order valence-corrected chi connectivity index (χ0v) is 12.9. The van der Waals surface area contributed by atoms with E-state index in [9.17, 15) is 9.59 Å². The van der Waals surface area contributed by atoms with Crippen LogP contribution in [-0.4, -0.2) is 23.8 Å². The van der Waals surface area contributed by atoms with E-state index in [4.69, 9.17) is 5.73 Å². The van der Waals surface area contributed by atoms with Crippen molar-refractivity contribution in [3.63, 3.8) is 0 Å². The van der Waals surface area contributed by atoms with E-state index in [0.29, 0.717) is 12.0 Å². The molecule has 0 aromatic heterocycles. The Balaban J connectivity index is 2.10. The van der Waals surface area contributed by atoms with E-state index >= 15 is 0 Å². The summed E-state index contributed by atoms with van der Waals surface area (Å²) in [5, 5.41) is 0. The molecule has 1 aromatic rings. The highest BCUT2D eigenvalue weighted by Crippen LogP contribution is 2.25. The number of imide groups is 1. The topological polar surface area (TPSA) is 63.4 Å². The van der Waals surface area contributed by atoms with Gasteiger partial charge in [-0.2, -0.15) is 0 Å². The highest BCUT2D eigenvalue weighted by molar-refractivity contribution is 6.09. The fraction of sp³-hybridized carbons (Fsp3) is 0.529. The van der Waals surface area contributed by atoms with Crippen LogP contribution in [0, 0.1) is 0 Å². The van der Waals surface area contributed by atoms with E-state index in [1.807, 2.05) is 18.2 Å². The number of rotatable bonds is 6. The van der Waals surface area contributed by atoms with E-state index in [1.165, 1.54) is 31.2 Å². The Bertz CT molecular complexity index is 540. The van der Waals surface area contributed by atoms with Crippen LogP contribution < -0.4 is 5.73 Å². The number of carbonyl (C=O) groups is 2. The van der Waals surface area contributed by atoms with Gasteiger partial charge in [-0.15, -0.1) is 0 Å². The number of carbonyl (C=O) groups excluding carboxylic acids is 2. The Morgan fingerprint density at radius 3 is 2.71 bits per heavy atom. The number of benzene rings is 1. The molecule has 2 rings (SSSR count). The van der Waals surface area contributed by atoms with Gasteiger partial charge >= 0.3 is 0 Å². The number of hydrogen-bond acceptors (Lipinski definition) is 3. The summed E-state index contributed by atoms with van der Waals surface area (Å²) < 4.78 is 0. The van der Waals surface area contributed by atoms with Crippen LogP contribution in [0.2, 0.25) is 0 Å². The smallest absolute Gasteiger partial charge is 0.260 e. The molecule has 1 aromatic carbocycles. The number of unbranched alkanes of at least 4 members (excludes halogenated alkanes) is 3. The Hall–Kier alpha value is -1.68. The lowest BCUT2D eigenvalue weighted by Gasteiger charge is -2.24. The van der Waals surface area contributed by atoms with Gasteiger partial charge in [0.2, 0.25) is 5.91 Å². The number of fused-ring (bicyclic) bond motifs is 1. The Morgan fingerprint density at radius 2 is 2.00 bits per heavy atom. The van der Waals surface area contributed by atoms with E-state index in [0.717, 1.165) is 24.0 Å². The maximum absolute atomic E-state index is 12.2. The molecule has 1 aliphatic heterocycles. The van der Waals surface area contributed by atoms with Crippen molar-refractivity contribution in [2.45, 2.75) is 51.5 Å². The molecule has 0 saturated carbocycles. The number of nitrogens with two attached hydrogens (primary N) is 1. The third-order valence-corrected chi connectivity index (χ3v) is 4.18. The minimum atomic E-state index is -0.221. The van der Waals surface area contributed by atoms with E-state index in [1.54, 1.807) is 0 Å². The van der Waals surface area contributed by atoms with Crippen molar-refractivity contribution < 1.29 is 9.59 Å². The number of likely N-dealkylation sites (N-methyl/N-ethyl adjacent to an activating group) is 1. The van der Waals surface area contributed by atoms with Crippen molar-refractivity contribution in [2.75, 3.05) is 7.05 Å². The van der Waals surface area contributed by atoms with Crippen molar-refractivity contribution in [1.82, 2.24) is 4.90 Å². The zero-order valence-electron chi connectivity index (χ0n) is 12.9. The van der Waals surface area contributed by atoms with E-state index < -0.39 is 0 Å². The zero-order chi connectivity index (χ0) is 15.4. The monoisotopic (exact) mass is 288 g/mol. The van der Waals surface area contributed by atoms with Gasteiger partial charge < -0.3 is 5.73 Å². The molecule has 1 aliphatic rings. The molecular formula is C17H24N2O2. The fourth-order valence-corrected chi connectivity index (χ4v) is 2.71. The Kier molecular flexibility index (Phi) is 5.12. The highest BCUT2D eigenvalue weighted by Gasteiger charge is 2.28. The molecule has 2 N–H and O–H groups in total. The Labute approximate surface area is 126 Å². The third kappa shape index (κ3) is 3.50. The molecule has 21 heavy (non-hydrogen) atoms. The molecule has 1 atom stereocenters. The fourth-order valence-electron chi connectivity index (χ4n) is 2.71. The maximum atomic E-state index is 12.2. The minimum absolute atomic E-state index is 0.0390. The second kappa shape index (κ2) is 6.85. The van der Waals surface area contributed by atoms with Crippen LogP contribution in [0.3, 0.4) is 0 Å². The molecule has 1 heterocycles. The van der Waals surface area contributed by atoms with Crippen LogP contribution in [0.4, 0.5) is 0 Å². The quantitative estimate of drug-likeness (QED) is 0.646. The van der Waals surface area contributed by atoms with E-state index in [2.05, 4.69) is 6.92 Å². The van der Waals surface area contributed by atoms with Gasteiger partial charge in [-0.25, -0.2) is 0 Å². The first kappa shape index (κ1) is 15.7. The van der Waals surface area contributed by atoms with Crippen molar-refractivity contribution in [3.8, 4) is 0 Å². The summed E-state index contributed by atoms with van der Waals surface area (Å²) in [6, 6.07) is 5.66. The first-order chi connectivity index (χ1) is 10.0. The van der Waals surface area contributed by atoms with Gasteiger partial charge in [0, 0.05) is 18.7 Å². The molecule has 0 spiro atoms. The second-order valence-corrected chi connectivity index (χ2v) is 5.81. The summed E-state index contributed by atoms with van der Waals surface area (Å²) in [5.41, 5.74) is 8.65. The van der Waals surface area contributed by atoms with Crippen LogP contribution in [0.15, 0.2) is 18.2 Å². The summed E-state index contributed by atoms with van der Waals surface area (Å²) in [4.78, 5) is 25.0. The molecule has 4 nitrogen and oxygen atoms in total. The molecule has 0 aliphatic carbocycles. The number of nitrogens with zero attached hydrogens (tertiary/aromatic N) is 1. The number of hydrogen-bond donors (Lipinski definition) is 1. The average Bonchev–Trinajstić information content (AvgIpc) is 2.49. The molecule has 2 amide bonds.